The van der Waals surface area contributed by atoms with Crippen molar-refractivity contribution in [3.63, 3.8) is 0 Å². The second-order valence-electron chi connectivity index (χ2n) is 7.71. The van der Waals surface area contributed by atoms with E-state index in [0.717, 1.165) is 17.7 Å². The Morgan fingerprint density at radius 1 is 1.21 bits per heavy atom. The summed E-state index contributed by atoms with van der Waals surface area (Å²) in [5.41, 5.74) is 0.702. The summed E-state index contributed by atoms with van der Waals surface area (Å²) in [7, 11) is 0. The van der Waals surface area contributed by atoms with E-state index in [1.54, 1.807) is 31.5 Å². The number of halogens is 3. The van der Waals surface area contributed by atoms with Gasteiger partial charge >= 0.3 is 12.1 Å². The highest BCUT2D eigenvalue weighted by molar-refractivity contribution is 5.97. The number of allylic oxidation sites excluding steroid dienone is 1. The molecular weight excluding hydrogens is 451 g/mol. The van der Waals surface area contributed by atoms with E-state index in [4.69, 9.17) is 4.74 Å². The molecular formula is C24H24F3N3O4. The lowest BCUT2D eigenvalue weighted by Gasteiger charge is -2.34. The van der Waals surface area contributed by atoms with Gasteiger partial charge in [-0.05, 0) is 43.2 Å². The first-order valence-corrected chi connectivity index (χ1v) is 10.6. The number of ether oxygens (including phenoxy) is 1. The van der Waals surface area contributed by atoms with Crippen molar-refractivity contribution in [3.8, 4) is 0 Å². The number of esters is 1. The van der Waals surface area contributed by atoms with Crippen molar-refractivity contribution in [2.45, 2.75) is 38.9 Å². The highest BCUT2D eigenvalue weighted by Gasteiger charge is 2.38. The zero-order chi connectivity index (χ0) is 24.9. The van der Waals surface area contributed by atoms with Gasteiger partial charge in [0.1, 0.15) is 6.54 Å². The van der Waals surface area contributed by atoms with E-state index in [2.05, 4.69) is 10.3 Å². The number of carbonyl (C=O) groups is 3. The summed E-state index contributed by atoms with van der Waals surface area (Å²) >= 11 is 0. The molecule has 0 radical (unpaired) electrons. The largest absolute Gasteiger partial charge is 0.463 e. The van der Waals surface area contributed by atoms with Gasteiger partial charge in [-0.15, -0.1) is 0 Å². The number of aromatic nitrogens is 1. The fourth-order valence-electron chi connectivity index (χ4n) is 3.77. The maximum Gasteiger partial charge on any atom is 0.416 e. The third-order valence-corrected chi connectivity index (χ3v) is 5.47. The smallest absolute Gasteiger partial charge is 0.416 e. The fourth-order valence-corrected chi connectivity index (χ4v) is 3.77. The number of rotatable bonds is 7. The molecule has 3 rings (SSSR count). The summed E-state index contributed by atoms with van der Waals surface area (Å²) in [5, 5.41) is 2.70. The lowest BCUT2D eigenvalue weighted by molar-refractivity contribution is -0.141. The van der Waals surface area contributed by atoms with Crippen molar-refractivity contribution in [3.05, 3.63) is 76.8 Å². The molecule has 0 saturated heterocycles. The highest BCUT2D eigenvalue weighted by atomic mass is 19.4. The van der Waals surface area contributed by atoms with Gasteiger partial charge < -0.3 is 15.0 Å². The summed E-state index contributed by atoms with van der Waals surface area (Å²) in [6.45, 7) is 3.13. The minimum Gasteiger partial charge on any atom is -0.463 e. The SMILES string of the molecule is CCOC(=O)C1=C(C)N(CC(=O)NCc2cccnc2)C(=O)CC1c1ccc(C(F)(F)F)cc1. The molecule has 34 heavy (non-hydrogen) atoms. The van der Waals surface area contributed by atoms with Gasteiger partial charge in [-0.2, -0.15) is 13.2 Å². The van der Waals surface area contributed by atoms with Crippen molar-refractivity contribution in [1.29, 1.82) is 0 Å². The van der Waals surface area contributed by atoms with E-state index < -0.39 is 35.4 Å². The molecule has 7 nitrogen and oxygen atoms in total. The van der Waals surface area contributed by atoms with Crippen LogP contribution >= 0.6 is 0 Å². The number of nitrogens with zero attached hydrogens (tertiary/aromatic N) is 2. The van der Waals surface area contributed by atoms with Gasteiger partial charge in [0.25, 0.3) is 0 Å². The highest BCUT2D eigenvalue weighted by Crippen LogP contribution is 2.38. The Labute approximate surface area is 194 Å². The molecule has 0 saturated carbocycles. The summed E-state index contributed by atoms with van der Waals surface area (Å²) < 4.78 is 44.0. The van der Waals surface area contributed by atoms with Crippen molar-refractivity contribution in [1.82, 2.24) is 15.2 Å². The van der Waals surface area contributed by atoms with E-state index >= 15 is 0 Å². The predicted octanol–water partition coefficient (Wildman–Crippen LogP) is 3.57. The van der Waals surface area contributed by atoms with Gasteiger partial charge in [0.2, 0.25) is 11.8 Å². The molecule has 10 heteroatoms. The number of benzene rings is 1. The molecule has 1 atom stereocenters. The first kappa shape index (κ1) is 24.9. The molecule has 0 fully saturated rings. The van der Waals surface area contributed by atoms with Crippen LogP contribution < -0.4 is 5.32 Å². The Hall–Kier alpha value is -3.69. The monoisotopic (exact) mass is 475 g/mol. The molecule has 0 aliphatic carbocycles. The van der Waals surface area contributed by atoms with Crippen LogP contribution in [0.25, 0.3) is 0 Å². The molecule has 2 heterocycles. The Morgan fingerprint density at radius 3 is 2.50 bits per heavy atom. The maximum atomic E-state index is 12.9. The van der Waals surface area contributed by atoms with Gasteiger partial charge in [-0.1, -0.05) is 18.2 Å². The third-order valence-electron chi connectivity index (χ3n) is 5.47. The van der Waals surface area contributed by atoms with Crippen LogP contribution in [0.1, 0.15) is 42.9 Å². The summed E-state index contributed by atoms with van der Waals surface area (Å²) in [5.74, 6) is -2.33. The Kier molecular flexibility index (Phi) is 7.70. The molecule has 1 unspecified atom stereocenters. The molecule has 0 bridgehead atoms. The normalized spacial score (nSPS) is 16.4. The van der Waals surface area contributed by atoms with E-state index in [1.807, 2.05) is 0 Å². The van der Waals surface area contributed by atoms with Gasteiger partial charge in [0.05, 0.1) is 17.7 Å². The Morgan fingerprint density at radius 2 is 1.91 bits per heavy atom. The van der Waals surface area contributed by atoms with Crippen molar-refractivity contribution >= 4 is 17.8 Å². The lowest BCUT2D eigenvalue weighted by atomic mass is 9.83. The standard InChI is InChI=1S/C24H24F3N3O4/c1-3-34-23(33)22-15(2)30(14-20(31)29-13-16-5-4-10-28-12-16)21(32)11-19(22)17-6-8-18(9-7-17)24(25,26)27/h4-10,12,19H,3,11,13-14H2,1-2H3,(H,29,31). The zero-order valence-corrected chi connectivity index (χ0v) is 18.7. The Balaban J connectivity index is 1.85. The first-order chi connectivity index (χ1) is 16.1. The number of amides is 2. The van der Waals surface area contributed by atoms with Crippen molar-refractivity contribution in [2.75, 3.05) is 13.2 Å². The molecule has 1 aliphatic rings. The van der Waals surface area contributed by atoms with Crippen LogP contribution in [-0.2, 0) is 31.8 Å². The van der Waals surface area contributed by atoms with Crippen LogP contribution in [-0.4, -0.2) is 40.8 Å². The lowest BCUT2D eigenvalue weighted by Crippen LogP contribution is -2.44. The first-order valence-electron chi connectivity index (χ1n) is 10.6. The van der Waals surface area contributed by atoms with Crippen LogP contribution in [0.3, 0.4) is 0 Å². The molecule has 2 amide bonds. The molecule has 2 aromatic rings. The third kappa shape index (κ3) is 5.81. The van der Waals surface area contributed by atoms with E-state index in [1.165, 1.54) is 24.0 Å². The van der Waals surface area contributed by atoms with Crippen LogP contribution in [0.2, 0.25) is 0 Å². The summed E-state index contributed by atoms with van der Waals surface area (Å²) in [4.78, 5) is 43.3. The van der Waals surface area contributed by atoms with Crippen LogP contribution in [0, 0.1) is 0 Å². The van der Waals surface area contributed by atoms with Crippen LogP contribution in [0.5, 0.6) is 0 Å². The quantitative estimate of drug-likeness (QED) is 0.619. The van der Waals surface area contributed by atoms with E-state index in [-0.39, 0.29) is 37.4 Å². The second kappa shape index (κ2) is 10.5. The topological polar surface area (TPSA) is 88.6 Å². The van der Waals surface area contributed by atoms with E-state index in [9.17, 15) is 27.6 Å². The second-order valence-corrected chi connectivity index (χ2v) is 7.71. The predicted molar refractivity (Wildman–Crippen MR) is 116 cm³/mol. The van der Waals surface area contributed by atoms with Gasteiger partial charge in [-0.25, -0.2) is 4.79 Å². The fraction of sp³-hybridized carbons (Fsp3) is 0.333. The van der Waals surface area contributed by atoms with Gasteiger partial charge in [-0.3, -0.25) is 14.6 Å². The Bertz CT molecular complexity index is 1080. The zero-order valence-electron chi connectivity index (χ0n) is 18.7. The van der Waals surface area contributed by atoms with Crippen molar-refractivity contribution < 1.29 is 32.3 Å². The minimum absolute atomic E-state index is 0.0783. The van der Waals surface area contributed by atoms with Gasteiger partial charge in [0, 0.05) is 37.0 Å². The molecule has 0 spiro atoms. The molecule has 1 aliphatic heterocycles. The number of nitrogens with one attached hydrogen (secondary N) is 1. The number of hydrogen-bond acceptors (Lipinski definition) is 5. The number of hydrogen-bond donors (Lipinski definition) is 1. The van der Waals surface area contributed by atoms with Crippen molar-refractivity contribution in [2.24, 2.45) is 0 Å². The summed E-state index contributed by atoms with van der Waals surface area (Å²) in [6.07, 6.45) is -1.48. The average Bonchev–Trinajstić information content (AvgIpc) is 2.80. The molecule has 1 N–H and O–H groups in total. The minimum atomic E-state index is -4.50. The van der Waals surface area contributed by atoms with Crippen LogP contribution in [0.15, 0.2) is 60.1 Å². The number of pyridine rings is 1. The maximum absolute atomic E-state index is 12.9. The molecule has 1 aromatic carbocycles. The number of carbonyl (C=O) groups excluding carboxylic acids is 3. The average molecular weight is 475 g/mol. The number of alkyl halides is 3. The van der Waals surface area contributed by atoms with Crippen LogP contribution in [0.4, 0.5) is 13.2 Å². The van der Waals surface area contributed by atoms with Gasteiger partial charge in [0.15, 0.2) is 0 Å². The molecule has 180 valence electrons. The molecule has 1 aromatic heterocycles. The summed E-state index contributed by atoms with van der Waals surface area (Å²) in [6, 6.07) is 7.85. The van der Waals surface area contributed by atoms with E-state index in [0.29, 0.717) is 5.56 Å².